The van der Waals surface area contributed by atoms with Crippen LogP contribution in [0.1, 0.15) is 25.6 Å². The molecule has 4 heteroatoms. The van der Waals surface area contributed by atoms with Gasteiger partial charge in [0, 0.05) is 12.4 Å². The molecule has 0 aliphatic carbocycles. The lowest BCUT2D eigenvalue weighted by atomic mass is 10.2. The molecular weight excluding hydrogens is 250 g/mol. The lowest BCUT2D eigenvalue weighted by Crippen LogP contribution is -2.34. The zero-order valence-corrected chi connectivity index (χ0v) is 11.4. The number of furan rings is 1. The number of hydrogen-bond donors (Lipinski definition) is 0. The van der Waals surface area contributed by atoms with Crippen molar-refractivity contribution in [1.82, 2.24) is 4.90 Å². The number of nitrogens with zero attached hydrogens (tertiary/aromatic N) is 1. The fourth-order valence-electron chi connectivity index (χ4n) is 1.87. The van der Waals surface area contributed by atoms with Crippen molar-refractivity contribution in [2.24, 2.45) is 0 Å². The molecule has 2 unspecified atom stereocenters. The smallest absolute Gasteiger partial charge is 0.240 e. The molecule has 0 saturated heterocycles. The maximum atomic E-state index is 11.8. The largest absolute Gasteiger partial charge is 0.459 e. The van der Waals surface area contributed by atoms with E-state index in [9.17, 15) is 4.79 Å². The lowest BCUT2D eigenvalue weighted by Gasteiger charge is -2.24. The van der Waals surface area contributed by atoms with Crippen molar-refractivity contribution in [2.45, 2.75) is 25.3 Å². The Hall–Kier alpha value is -1.48. The molecule has 0 fully saturated rings. The third-order valence-electron chi connectivity index (χ3n) is 3.13. The van der Waals surface area contributed by atoms with Gasteiger partial charge in [-0.2, -0.15) is 0 Å². The summed E-state index contributed by atoms with van der Waals surface area (Å²) < 4.78 is 5.74. The highest BCUT2D eigenvalue weighted by Gasteiger charge is 2.23. The molecule has 0 aliphatic rings. The molecule has 1 amide bonds. The molecule has 1 aromatic carbocycles. The first-order chi connectivity index (χ1) is 8.50. The Kier molecular flexibility index (Phi) is 3.62. The predicted molar refractivity (Wildman–Crippen MR) is 72.7 cm³/mol. The molecule has 0 aliphatic heterocycles. The van der Waals surface area contributed by atoms with Crippen molar-refractivity contribution < 1.29 is 9.21 Å². The topological polar surface area (TPSA) is 33.5 Å². The van der Waals surface area contributed by atoms with Gasteiger partial charge in [0.2, 0.25) is 5.91 Å². The highest BCUT2D eigenvalue weighted by atomic mass is 35.5. The van der Waals surface area contributed by atoms with E-state index in [-0.39, 0.29) is 11.9 Å². The number of halogens is 1. The van der Waals surface area contributed by atoms with Crippen LogP contribution in [0.15, 0.2) is 34.7 Å². The standard InChI is InChI=1S/C14H16ClNO2/c1-9(15)14(17)16(3)10(2)13-8-11-6-4-5-7-12(11)18-13/h4-10H,1-3H3. The second-order valence-corrected chi connectivity index (χ2v) is 5.08. The molecule has 0 radical (unpaired) electrons. The van der Waals surface area contributed by atoms with E-state index < -0.39 is 5.38 Å². The first-order valence-electron chi connectivity index (χ1n) is 5.90. The average Bonchev–Trinajstić information content (AvgIpc) is 2.79. The Morgan fingerprint density at radius 3 is 2.61 bits per heavy atom. The van der Waals surface area contributed by atoms with Crippen LogP contribution in [-0.2, 0) is 4.79 Å². The van der Waals surface area contributed by atoms with E-state index in [1.807, 2.05) is 37.3 Å². The van der Waals surface area contributed by atoms with Crippen molar-refractivity contribution in [3.63, 3.8) is 0 Å². The normalized spacial score (nSPS) is 14.4. The summed E-state index contributed by atoms with van der Waals surface area (Å²) in [5.74, 6) is 0.661. The first-order valence-corrected chi connectivity index (χ1v) is 6.33. The lowest BCUT2D eigenvalue weighted by molar-refractivity contribution is -0.131. The Morgan fingerprint density at radius 1 is 1.33 bits per heavy atom. The summed E-state index contributed by atoms with van der Waals surface area (Å²) in [5, 5.41) is 0.515. The van der Waals surface area contributed by atoms with E-state index in [2.05, 4.69) is 0 Å². The van der Waals surface area contributed by atoms with Gasteiger partial charge in [0.05, 0.1) is 6.04 Å². The van der Waals surface area contributed by atoms with Crippen LogP contribution >= 0.6 is 11.6 Å². The second-order valence-electron chi connectivity index (χ2n) is 4.43. The third-order valence-corrected chi connectivity index (χ3v) is 3.31. The van der Waals surface area contributed by atoms with Crippen molar-refractivity contribution in [3.05, 3.63) is 36.1 Å². The van der Waals surface area contributed by atoms with Crippen molar-refractivity contribution in [3.8, 4) is 0 Å². The molecule has 0 spiro atoms. The van der Waals surface area contributed by atoms with Gasteiger partial charge in [-0.05, 0) is 26.0 Å². The molecule has 2 aromatic rings. The average molecular weight is 266 g/mol. The maximum absolute atomic E-state index is 11.8. The summed E-state index contributed by atoms with van der Waals surface area (Å²) in [5.41, 5.74) is 0.833. The molecule has 0 bridgehead atoms. The molecule has 0 saturated carbocycles. The van der Waals surface area contributed by atoms with Crippen LogP contribution in [0.5, 0.6) is 0 Å². The van der Waals surface area contributed by atoms with Crippen LogP contribution in [-0.4, -0.2) is 23.2 Å². The summed E-state index contributed by atoms with van der Waals surface area (Å²) in [7, 11) is 1.74. The minimum absolute atomic E-state index is 0.107. The Balaban J connectivity index is 2.27. The van der Waals surface area contributed by atoms with Gasteiger partial charge < -0.3 is 9.32 Å². The summed E-state index contributed by atoms with van der Waals surface area (Å²) in [6, 6.07) is 9.62. The number of carbonyl (C=O) groups excluding carboxylic acids is 1. The Morgan fingerprint density at radius 2 is 2.00 bits per heavy atom. The summed E-state index contributed by atoms with van der Waals surface area (Å²) in [4.78, 5) is 13.4. The number of rotatable bonds is 3. The fourth-order valence-corrected chi connectivity index (χ4v) is 2.02. The SMILES string of the molecule is CC(Cl)C(=O)N(C)C(C)c1cc2ccccc2o1. The van der Waals surface area contributed by atoms with Gasteiger partial charge in [0.15, 0.2) is 0 Å². The number of alkyl halides is 1. The highest BCUT2D eigenvalue weighted by molar-refractivity contribution is 6.30. The highest BCUT2D eigenvalue weighted by Crippen LogP contribution is 2.27. The van der Waals surface area contributed by atoms with E-state index in [0.29, 0.717) is 0 Å². The zero-order chi connectivity index (χ0) is 13.3. The molecule has 3 nitrogen and oxygen atoms in total. The number of para-hydroxylation sites is 1. The number of benzene rings is 1. The van der Waals surface area contributed by atoms with Crippen LogP contribution in [0.3, 0.4) is 0 Å². The third kappa shape index (κ3) is 2.36. The molecule has 1 aromatic heterocycles. The first kappa shape index (κ1) is 13.0. The summed E-state index contributed by atoms with van der Waals surface area (Å²) in [6.45, 7) is 3.60. The predicted octanol–water partition coefficient (Wildman–Crippen LogP) is 3.58. The second kappa shape index (κ2) is 5.02. The monoisotopic (exact) mass is 265 g/mol. The molecule has 1 heterocycles. The van der Waals surface area contributed by atoms with Crippen molar-refractivity contribution in [2.75, 3.05) is 7.05 Å². The van der Waals surface area contributed by atoms with Crippen LogP contribution in [0.2, 0.25) is 0 Å². The van der Waals surface area contributed by atoms with Gasteiger partial charge in [-0.15, -0.1) is 11.6 Å². The summed E-state index contributed by atoms with van der Waals surface area (Å²) in [6.07, 6.45) is 0. The van der Waals surface area contributed by atoms with Gasteiger partial charge in [-0.25, -0.2) is 0 Å². The van der Waals surface area contributed by atoms with E-state index in [0.717, 1.165) is 16.7 Å². The molecule has 2 rings (SSSR count). The number of hydrogen-bond acceptors (Lipinski definition) is 2. The molecule has 0 N–H and O–H groups in total. The Labute approximate surface area is 111 Å². The van der Waals surface area contributed by atoms with E-state index in [1.165, 1.54) is 0 Å². The van der Waals surface area contributed by atoms with E-state index in [4.69, 9.17) is 16.0 Å². The van der Waals surface area contributed by atoms with Gasteiger partial charge in [-0.1, -0.05) is 18.2 Å². The van der Waals surface area contributed by atoms with Crippen LogP contribution in [0, 0.1) is 0 Å². The molecule has 96 valence electrons. The number of fused-ring (bicyclic) bond motifs is 1. The van der Waals surface area contributed by atoms with Crippen molar-refractivity contribution >= 4 is 28.5 Å². The minimum Gasteiger partial charge on any atom is -0.459 e. The number of amides is 1. The molecule has 2 atom stereocenters. The van der Waals surface area contributed by atoms with Crippen LogP contribution in [0.25, 0.3) is 11.0 Å². The Bertz CT molecular complexity index is 529. The van der Waals surface area contributed by atoms with Gasteiger partial charge in [0.25, 0.3) is 0 Å². The molecular formula is C14H16ClNO2. The minimum atomic E-state index is -0.526. The number of carbonyl (C=O) groups is 1. The summed E-state index contributed by atoms with van der Waals surface area (Å²) >= 11 is 5.81. The van der Waals surface area contributed by atoms with E-state index >= 15 is 0 Å². The van der Waals surface area contributed by atoms with Gasteiger partial charge in [-0.3, -0.25) is 4.79 Å². The van der Waals surface area contributed by atoms with E-state index in [1.54, 1.807) is 18.9 Å². The molecule has 18 heavy (non-hydrogen) atoms. The quantitative estimate of drug-likeness (QED) is 0.795. The van der Waals surface area contributed by atoms with Gasteiger partial charge >= 0.3 is 0 Å². The fraction of sp³-hybridized carbons (Fsp3) is 0.357. The zero-order valence-electron chi connectivity index (χ0n) is 10.7. The van der Waals surface area contributed by atoms with Crippen molar-refractivity contribution in [1.29, 1.82) is 0 Å². The maximum Gasteiger partial charge on any atom is 0.240 e. The van der Waals surface area contributed by atoms with Crippen LogP contribution < -0.4 is 0 Å². The van der Waals surface area contributed by atoms with Crippen LogP contribution in [0.4, 0.5) is 0 Å². The van der Waals surface area contributed by atoms with Gasteiger partial charge in [0.1, 0.15) is 16.7 Å².